The van der Waals surface area contributed by atoms with Crippen molar-refractivity contribution < 1.29 is 6.22 Å². The Bertz CT molecular complexity index is 364. The lowest BCUT2D eigenvalue weighted by molar-refractivity contribution is -0.121. The van der Waals surface area contributed by atoms with Gasteiger partial charge in [0.05, 0.1) is 5.92 Å². The molecule has 14 heavy (non-hydrogen) atoms. The number of carbonyl (C=O) groups is 1. The highest BCUT2D eigenvalue weighted by Gasteiger charge is 2.12. The van der Waals surface area contributed by atoms with Crippen LogP contribution in [-0.2, 0) is 4.79 Å². The second-order valence-electron chi connectivity index (χ2n) is 3.10. The monoisotopic (exact) mass is 189 g/mol. The van der Waals surface area contributed by atoms with Crippen molar-refractivity contribution in [3.05, 3.63) is 35.4 Å². The number of amides is 1. The maximum atomic E-state index is 11.3. The van der Waals surface area contributed by atoms with E-state index in [9.17, 15) is 4.79 Å². The average molecular weight is 189 g/mol. The first-order valence-electron chi connectivity index (χ1n) is 4.47. The van der Waals surface area contributed by atoms with Gasteiger partial charge in [-0.1, -0.05) is 18.1 Å². The minimum atomic E-state index is -0.133. The van der Waals surface area contributed by atoms with Gasteiger partial charge in [-0.2, -0.15) is 0 Å². The third kappa shape index (κ3) is 2.14. The Kier molecular flexibility index (Phi) is 3.30. The van der Waals surface area contributed by atoms with Crippen LogP contribution in [0.5, 0.6) is 0 Å². The molecule has 1 rings (SSSR count). The number of hydrogen-bond acceptors (Lipinski definition) is 1. The number of hydrogen-bond donors (Lipinski definition) is 1. The topological polar surface area (TPSA) is 29.1 Å². The molecule has 0 saturated heterocycles. The predicted octanol–water partition coefficient (Wildman–Crippen LogP) is 1.76. The molecule has 0 radical (unpaired) electrons. The van der Waals surface area contributed by atoms with Crippen LogP contribution in [0, 0.1) is 12.3 Å². The van der Waals surface area contributed by atoms with E-state index in [1.165, 1.54) is 0 Å². The van der Waals surface area contributed by atoms with Crippen molar-refractivity contribution in [2.45, 2.75) is 12.8 Å². The van der Waals surface area contributed by atoms with Gasteiger partial charge in [-0.3, -0.25) is 4.79 Å². The molecule has 0 saturated carbocycles. The van der Waals surface area contributed by atoms with E-state index in [0.29, 0.717) is 0 Å². The molecule has 1 aromatic carbocycles. The molecule has 0 aliphatic heterocycles. The van der Waals surface area contributed by atoms with Gasteiger partial charge in [-0.05, 0) is 24.6 Å². The molecular formula is C12H15NO. The SMILES string of the molecule is C#Cc1ccc(C(C)C(=O)NC)cc1.[HH]. The van der Waals surface area contributed by atoms with Gasteiger partial charge < -0.3 is 5.32 Å². The summed E-state index contributed by atoms with van der Waals surface area (Å²) in [6.45, 7) is 1.86. The second kappa shape index (κ2) is 4.48. The minimum absolute atomic E-state index is 0. The van der Waals surface area contributed by atoms with E-state index in [1.54, 1.807) is 7.05 Å². The van der Waals surface area contributed by atoms with Gasteiger partial charge in [0.25, 0.3) is 0 Å². The van der Waals surface area contributed by atoms with Crippen molar-refractivity contribution in [3.8, 4) is 12.3 Å². The van der Waals surface area contributed by atoms with Gasteiger partial charge in [0, 0.05) is 14.0 Å². The van der Waals surface area contributed by atoms with E-state index >= 15 is 0 Å². The first kappa shape index (κ1) is 10.3. The van der Waals surface area contributed by atoms with E-state index in [4.69, 9.17) is 6.42 Å². The van der Waals surface area contributed by atoms with E-state index in [2.05, 4.69) is 11.2 Å². The van der Waals surface area contributed by atoms with Crippen LogP contribution in [0.1, 0.15) is 25.4 Å². The molecule has 2 nitrogen and oxygen atoms in total. The fraction of sp³-hybridized carbons (Fsp3) is 0.250. The van der Waals surface area contributed by atoms with Crippen LogP contribution in [0.4, 0.5) is 0 Å². The molecule has 1 aromatic rings. The average Bonchev–Trinajstić information content (AvgIpc) is 2.27. The van der Waals surface area contributed by atoms with Crippen LogP contribution >= 0.6 is 0 Å². The fourth-order valence-corrected chi connectivity index (χ4v) is 1.24. The van der Waals surface area contributed by atoms with Crippen LogP contribution in [0.15, 0.2) is 24.3 Å². The highest BCUT2D eigenvalue weighted by Crippen LogP contribution is 2.15. The molecule has 0 aliphatic carbocycles. The molecule has 1 N–H and O–H groups in total. The molecule has 0 fully saturated rings. The Morgan fingerprint density at radius 3 is 2.50 bits per heavy atom. The molecule has 0 aliphatic rings. The zero-order valence-corrected chi connectivity index (χ0v) is 8.37. The smallest absolute Gasteiger partial charge is 0.227 e. The van der Waals surface area contributed by atoms with Crippen LogP contribution in [-0.4, -0.2) is 13.0 Å². The molecule has 0 bridgehead atoms. The second-order valence-corrected chi connectivity index (χ2v) is 3.10. The highest BCUT2D eigenvalue weighted by atomic mass is 16.1. The summed E-state index contributed by atoms with van der Waals surface area (Å²) < 4.78 is 0. The lowest BCUT2D eigenvalue weighted by atomic mass is 9.99. The Morgan fingerprint density at radius 2 is 2.07 bits per heavy atom. The van der Waals surface area contributed by atoms with Gasteiger partial charge in [0.15, 0.2) is 0 Å². The zero-order chi connectivity index (χ0) is 10.6. The van der Waals surface area contributed by atoms with Gasteiger partial charge in [-0.25, -0.2) is 0 Å². The summed E-state index contributed by atoms with van der Waals surface area (Å²) in [5, 5.41) is 2.61. The Morgan fingerprint density at radius 1 is 1.50 bits per heavy atom. The first-order chi connectivity index (χ1) is 6.69. The van der Waals surface area contributed by atoms with Crippen LogP contribution in [0.2, 0.25) is 0 Å². The van der Waals surface area contributed by atoms with Crippen molar-refractivity contribution in [1.82, 2.24) is 5.32 Å². The Labute approximate surface area is 85.8 Å². The number of nitrogens with one attached hydrogen (secondary N) is 1. The molecule has 2 heteroatoms. The minimum Gasteiger partial charge on any atom is -0.359 e. The molecule has 1 atom stereocenters. The van der Waals surface area contributed by atoms with Gasteiger partial charge >= 0.3 is 0 Å². The van der Waals surface area contributed by atoms with E-state index in [-0.39, 0.29) is 13.3 Å². The number of likely N-dealkylation sites (N-methyl/N-ethyl adjacent to an activating group) is 1. The fourth-order valence-electron chi connectivity index (χ4n) is 1.24. The van der Waals surface area contributed by atoms with Crippen molar-refractivity contribution in [1.29, 1.82) is 0 Å². The standard InChI is InChI=1S/C12H13NO.H2/c1-4-10-5-7-11(8-6-10)9(2)12(14)13-3;/h1,5-9H,2-3H3,(H,13,14);1H. The Hall–Kier alpha value is -1.75. The zero-order valence-electron chi connectivity index (χ0n) is 8.37. The summed E-state index contributed by atoms with van der Waals surface area (Å²) in [4.78, 5) is 11.3. The molecule has 0 aromatic heterocycles. The maximum Gasteiger partial charge on any atom is 0.227 e. The molecular weight excluding hydrogens is 174 g/mol. The van der Waals surface area contributed by atoms with Gasteiger partial charge in [0.2, 0.25) is 5.91 Å². The highest BCUT2D eigenvalue weighted by molar-refractivity contribution is 5.82. The van der Waals surface area contributed by atoms with Crippen molar-refractivity contribution in [3.63, 3.8) is 0 Å². The molecule has 0 heterocycles. The number of terminal acetylenes is 1. The third-order valence-corrected chi connectivity index (χ3v) is 2.22. The maximum absolute atomic E-state index is 11.3. The van der Waals surface area contributed by atoms with Crippen LogP contribution in [0.25, 0.3) is 0 Å². The molecule has 74 valence electrons. The summed E-state index contributed by atoms with van der Waals surface area (Å²) in [6, 6.07) is 7.45. The first-order valence-corrected chi connectivity index (χ1v) is 4.47. The number of benzene rings is 1. The molecule has 1 amide bonds. The van der Waals surface area contributed by atoms with Crippen LogP contribution < -0.4 is 5.32 Å². The number of carbonyl (C=O) groups excluding carboxylic acids is 1. The quantitative estimate of drug-likeness (QED) is 0.706. The van der Waals surface area contributed by atoms with Gasteiger partial charge in [0.1, 0.15) is 0 Å². The third-order valence-electron chi connectivity index (χ3n) is 2.22. The van der Waals surface area contributed by atoms with Crippen molar-refractivity contribution >= 4 is 5.91 Å². The molecule has 1 unspecified atom stereocenters. The summed E-state index contributed by atoms with van der Waals surface area (Å²) in [5.41, 5.74) is 1.81. The lowest BCUT2D eigenvalue weighted by Crippen LogP contribution is -2.23. The molecule has 0 spiro atoms. The Balaban J connectivity index is 0.00000196. The van der Waals surface area contributed by atoms with Gasteiger partial charge in [-0.15, -0.1) is 6.42 Å². The summed E-state index contributed by atoms with van der Waals surface area (Å²) in [5.74, 6) is 2.42. The largest absolute Gasteiger partial charge is 0.359 e. The van der Waals surface area contributed by atoms with E-state index in [0.717, 1.165) is 11.1 Å². The summed E-state index contributed by atoms with van der Waals surface area (Å²) in [7, 11) is 1.63. The number of rotatable bonds is 2. The normalized spacial score (nSPS) is 11.5. The lowest BCUT2D eigenvalue weighted by Gasteiger charge is -2.09. The summed E-state index contributed by atoms with van der Waals surface area (Å²) in [6.07, 6.45) is 5.23. The van der Waals surface area contributed by atoms with E-state index < -0.39 is 0 Å². The predicted molar refractivity (Wildman–Crippen MR) is 59.0 cm³/mol. The van der Waals surface area contributed by atoms with Crippen molar-refractivity contribution in [2.75, 3.05) is 7.05 Å². The summed E-state index contributed by atoms with van der Waals surface area (Å²) >= 11 is 0. The van der Waals surface area contributed by atoms with E-state index in [1.807, 2.05) is 31.2 Å². The van der Waals surface area contributed by atoms with Crippen molar-refractivity contribution in [2.24, 2.45) is 0 Å². The van der Waals surface area contributed by atoms with Crippen LogP contribution in [0.3, 0.4) is 0 Å².